The maximum absolute atomic E-state index is 2.41. The zero-order valence-electron chi connectivity index (χ0n) is 23.2. The predicted octanol–water partition coefficient (Wildman–Crippen LogP) is 12.7. The van der Waals surface area contributed by atoms with Gasteiger partial charge in [0.2, 0.25) is 0 Å². The first kappa shape index (κ1) is 24.6. The molecule has 0 aliphatic heterocycles. The monoisotopic (exact) mass is 583 g/mol. The average molecular weight is 584 g/mol. The minimum absolute atomic E-state index is 1.14. The van der Waals surface area contributed by atoms with Crippen molar-refractivity contribution in [3.8, 4) is 11.1 Å². The summed E-state index contributed by atoms with van der Waals surface area (Å²) in [5.41, 5.74) is 5.94. The van der Waals surface area contributed by atoms with Crippen LogP contribution < -0.4 is 4.90 Å². The highest BCUT2D eigenvalue weighted by atomic mass is 32.1. The van der Waals surface area contributed by atoms with Crippen LogP contribution in [0.2, 0.25) is 0 Å². The van der Waals surface area contributed by atoms with Crippen LogP contribution in [0.1, 0.15) is 0 Å². The number of rotatable bonds is 4. The molecule has 0 fully saturated rings. The summed E-state index contributed by atoms with van der Waals surface area (Å²) in [4.78, 5) is 2.41. The first-order valence-electron chi connectivity index (χ1n) is 14.5. The van der Waals surface area contributed by atoms with Gasteiger partial charge < -0.3 is 4.90 Å². The number of nitrogens with zero attached hydrogens (tertiary/aromatic N) is 1. The lowest BCUT2D eigenvalue weighted by Crippen LogP contribution is -2.10. The quantitative estimate of drug-likeness (QED) is 0.199. The number of anilines is 3. The van der Waals surface area contributed by atoms with Gasteiger partial charge in [0.1, 0.15) is 0 Å². The molecule has 0 saturated carbocycles. The standard InChI is InChI=1S/C40H25NS2/c1-2-10-31-27(8-1)9-7-13-36(31)41(30-21-23-40-35(25-30)33-12-4-6-15-38(33)43-40)29-19-16-26(17-20-29)28-18-22-39-34(24-28)32-11-3-5-14-37(32)42-39/h1-25H. The molecule has 0 N–H and O–H groups in total. The largest absolute Gasteiger partial charge is 0.310 e. The van der Waals surface area contributed by atoms with Crippen molar-refractivity contribution >= 4 is 90.9 Å². The smallest absolute Gasteiger partial charge is 0.0540 e. The molecule has 7 aromatic carbocycles. The van der Waals surface area contributed by atoms with Crippen molar-refractivity contribution in [2.24, 2.45) is 0 Å². The zero-order valence-corrected chi connectivity index (χ0v) is 24.8. The molecule has 202 valence electrons. The fourth-order valence-corrected chi connectivity index (χ4v) is 8.57. The van der Waals surface area contributed by atoms with Crippen molar-refractivity contribution in [2.45, 2.75) is 0 Å². The highest BCUT2D eigenvalue weighted by Crippen LogP contribution is 2.43. The number of benzene rings is 7. The van der Waals surface area contributed by atoms with E-state index in [0.717, 1.165) is 11.4 Å². The van der Waals surface area contributed by atoms with Crippen molar-refractivity contribution < 1.29 is 0 Å². The molecule has 2 aromatic heterocycles. The molecule has 0 amide bonds. The van der Waals surface area contributed by atoms with Gasteiger partial charge in [0.25, 0.3) is 0 Å². The molecule has 0 saturated heterocycles. The number of hydrogen-bond donors (Lipinski definition) is 0. The van der Waals surface area contributed by atoms with Crippen LogP contribution in [-0.2, 0) is 0 Å². The van der Waals surface area contributed by atoms with Crippen LogP contribution in [0.25, 0.3) is 62.2 Å². The highest BCUT2D eigenvalue weighted by molar-refractivity contribution is 7.26. The van der Waals surface area contributed by atoms with E-state index in [4.69, 9.17) is 0 Å². The van der Waals surface area contributed by atoms with Crippen LogP contribution in [0.4, 0.5) is 17.1 Å². The second kappa shape index (κ2) is 9.81. The molecule has 0 spiro atoms. The van der Waals surface area contributed by atoms with Gasteiger partial charge in [-0.3, -0.25) is 0 Å². The number of thiophene rings is 2. The van der Waals surface area contributed by atoms with E-state index < -0.39 is 0 Å². The van der Waals surface area contributed by atoms with E-state index in [2.05, 4.69) is 157 Å². The molecule has 43 heavy (non-hydrogen) atoms. The summed E-state index contributed by atoms with van der Waals surface area (Å²) in [6.07, 6.45) is 0. The lowest BCUT2D eigenvalue weighted by atomic mass is 10.0. The third kappa shape index (κ3) is 4.04. The van der Waals surface area contributed by atoms with Crippen LogP contribution in [-0.4, -0.2) is 0 Å². The summed E-state index contributed by atoms with van der Waals surface area (Å²) < 4.78 is 5.31. The minimum atomic E-state index is 1.14. The Balaban J connectivity index is 1.20. The maximum atomic E-state index is 2.41. The van der Waals surface area contributed by atoms with Crippen LogP contribution in [0.3, 0.4) is 0 Å². The Morgan fingerprint density at radius 1 is 0.349 bits per heavy atom. The van der Waals surface area contributed by atoms with Gasteiger partial charge >= 0.3 is 0 Å². The van der Waals surface area contributed by atoms with E-state index in [9.17, 15) is 0 Å². The molecule has 9 rings (SSSR count). The Morgan fingerprint density at radius 3 is 1.63 bits per heavy atom. The molecule has 0 atom stereocenters. The van der Waals surface area contributed by atoms with Crippen molar-refractivity contribution in [1.82, 2.24) is 0 Å². The lowest BCUT2D eigenvalue weighted by Gasteiger charge is -2.27. The second-order valence-corrected chi connectivity index (χ2v) is 13.1. The van der Waals surface area contributed by atoms with Gasteiger partial charge in [-0.1, -0.05) is 91.0 Å². The molecule has 0 aliphatic carbocycles. The normalized spacial score (nSPS) is 11.7. The minimum Gasteiger partial charge on any atom is -0.310 e. The molecule has 1 nitrogen and oxygen atoms in total. The summed E-state index contributed by atoms with van der Waals surface area (Å²) in [5, 5.41) is 7.75. The van der Waals surface area contributed by atoms with Crippen molar-refractivity contribution in [1.29, 1.82) is 0 Å². The van der Waals surface area contributed by atoms with Crippen LogP contribution in [0.5, 0.6) is 0 Å². The summed E-state index contributed by atoms with van der Waals surface area (Å²) >= 11 is 3.72. The molecule has 2 heterocycles. The summed E-state index contributed by atoms with van der Waals surface area (Å²) in [6, 6.07) is 55.5. The fraction of sp³-hybridized carbons (Fsp3) is 0. The summed E-state index contributed by atoms with van der Waals surface area (Å²) in [6.45, 7) is 0. The maximum Gasteiger partial charge on any atom is 0.0540 e. The van der Waals surface area contributed by atoms with Crippen molar-refractivity contribution in [3.05, 3.63) is 152 Å². The van der Waals surface area contributed by atoms with E-state index in [1.54, 1.807) is 0 Å². The van der Waals surface area contributed by atoms with Gasteiger partial charge in [-0.05, 0) is 77.2 Å². The van der Waals surface area contributed by atoms with Gasteiger partial charge in [-0.25, -0.2) is 0 Å². The summed E-state index contributed by atoms with van der Waals surface area (Å²) in [5.74, 6) is 0. The Morgan fingerprint density at radius 2 is 0.884 bits per heavy atom. The van der Waals surface area contributed by atoms with Gasteiger partial charge in [0.15, 0.2) is 0 Å². The second-order valence-electron chi connectivity index (χ2n) is 11.0. The molecular formula is C40H25NS2. The summed E-state index contributed by atoms with van der Waals surface area (Å²) in [7, 11) is 0. The van der Waals surface area contributed by atoms with Gasteiger partial charge in [0, 0.05) is 57.1 Å². The van der Waals surface area contributed by atoms with Gasteiger partial charge in [0.05, 0.1) is 5.69 Å². The Labute approximate surface area is 257 Å². The molecular weight excluding hydrogens is 559 g/mol. The molecule has 0 radical (unpaired) electrons. The Hall–Kier alpha value is -4.96. The molecule has 0 unspecified atom stereocenters. The van der Waals surface area contributed by atoms with Crippen molar-refractivity contribution in [3.63, 3.8) is 0 Å². The molecule has 9 aromatic rings. The van der Waals surface area contributed by atoms with Crippen LogP contribution in [0.15, 0.2) is 152 Å². The molecule has 3 heteroatoms. The van der Waals surface area contributed by atoms with Gasteiger partial charge in [-0.15, -0.1) is 22.7 Å². The highest BCUT2D eigenvalue weighted by Gasteiger charge is 2.17. The third-order valence-electron chi connectivity index (χ3n) is 8.46. The molecule has 0 aliphatic rings. The van der Waals surface area contributed by atoms with Crippen LogP contribution in [0, 0.1) is 0 Å². The predicted molar refractivity (Wildman–Crippen MR) is 190 cm³/mol. The zero-order chi connectivity index (χ0) is 28.3. The number of hydrogen-bond acceptors (Lipinski definition) is 3. The van der Waals surface area contributed by atoms with Gasteiger partial charge in [-0.2, -0.15) is 0 Å². The van der Waals surface area contributed by atoms with E-state index in [0.29, 0.717) is 0 Å². The SMILES string of the molecule is c1ccc2c(N(c3ccc(-c4ccc5sc6ccccc6c5c4)cc3)c3ccc4sc5ccccc5c4c3)cccc2c1. The Kier molecular flexibility index (Phi) is 5.62. The van der Waals surface area contributed by atoms with E-state index in [-0.39, 0.29) is 0 Å². The van der Waals surface area contributed by atoms with E-state index in [1.165, 1.54) is 67.9 Å². The fourth-order valence-electron chi connectivity index (χ4n) is 6.39. The first-order valence-corrected chi connectivity index (χ1v) is 16.1. The first-order chi connectivity index (χ1) is 21.3. The van der Waals surface area contributed by atoms with E-state index in [1.807, 2.05) is 22.7 Å². The van der Waals surface area contributed by atoms with Crippen LogP contribution >= 0.6 is 22.7 Å². The number of fused-ring (bicyclic) bond motifs is 7. The van der Waals surface area contributed by atoms with Crippen molar-refractivity contribution in [2.75, 3.05) is 4.90 Å². The molecule has 0 bridgehead atoms. The average Bonchev–Trinajstić information content (AvgIpc) is 3.63. The Bertz CT molecular complexity index is 2460. The third-order valence-corrected chi connectivity index (χ3v) is 10.8. The topological polar surface area (TPSA) is 3.24 Å². The lowest BCUT2D eigenvalue weighted by molar-refractivity contribution is 1.30. The van der Waals surface area contributed by atoms with E-state index >= 15 is 0 Å².